The monoisotopic (exact) mass is 256 g/mol. The number of ether oxygens (including phenoxy) is 3. The van der Waals surface area contributed by atoms with Crippen LogP contribution in [0.25, 0.3) is 0 Å². The quantitative estimate of drug-likeness (QED) is 0.425. The largest absolute Gasteiger partial charge is 0.496 e. The average Bonchev–Trinajstić information content (AvgIpc) is 2.38. The number of aldehydes is 1. The number of rotatable bonds is 7. The highest BCUT2D eigenvalue weighted by atomic mass is 32.2. The highest BCUT2D eigenvalue weighted by Crippen LogP contribution is 2.34. The SMILES string of the molecule is COCCSc1cc(OC)c(C=O)cc1OC. The number of benzene rings is 1. The van der Waals surface area contributed by atoms with Crippen molar-refractivity contribution in [2.75, 3.05) is 33.7 Å². The van der Waals surface area contributed by atoms with Gasteiger partial charge in [-0.05, 0) is 12.1 Å². The van der Waals surface area contributed by atoms with Gasteiger partial charge in [-0.3, -0.25) is 4.79 Å². The molecule has 0 aliphatic carbocycles. The molecule has 0 saturated carbocycles. The Morgan fingerprint density at radius 2 is 1.88 bits per heavy atom. The smallest absolute Gasteiger partial charge is 0.153 e. The molecule has 0 N–H and O–H groups in total. The van der Waals surface area contributed by atoms with Gasteiger partial charge in [0, 0.05) is 12.9 Å². The highest BCUT2D eigenvalue weighted by Gasteiger charge is 2.10. The second kappa shape index (κ2) is 7.19. The van der Waals surface area contributed by atoms with Crippen LogP contribution in [0.3, 0.4) is 0 Å². The summed E-state index contributed by atoms with van der Waals surface area (Å²) in [6, 6.07) is 3.49. The topological polar surface area (TPSA) is 44.8 Å². The van der Waals surface area contributed by atoms with E-state index in [-0.39, 0.29) is 0 Å². The summed E-state index contributed by atoms with van der Waals surface area (Å²) in [7, 11) is 4.78. The molecule has 0 saturated heterocycles. The van der Waals surface area contributed by atoms with Gasteiger partial charge in [-0.2, -0.15) is 0 Å². The summed E-state index contributed by atoms with van der Waals surface area (Å²) in [5.74, 6) is 2.05. The van der Waals surface area contributed by atoms with Crippen LogP contribution in [-0.2, 0) is 4.74 Å². The molecule has 0 aliphatic rings. The first-order valence-electron chi connectivity index (χ1n) is 5.09. The maximum atomic E-state index is 10.9. The summed E-state index contributed by atoms with van der Waals surface area (Å²) in [5.41, 5.74) is 0.487. The summed E-state index contributed by atoms with van der Waals surface area (Å²) in [6.45, 7) is 0.658. The minimum Gasteiger partial charge on any atom is -0.496 e. The van der Waals surface area contributed by atoms with Crippen LogP contribution in [0, 0.1) is 0 Å². The number of thioether (sulfide) groups is 1. The molecule has 94 valence electrons. The molecule has 0 fully saturated rings. The first-order valence-corrected chi connectivity index (χ1v) is 6.08. The molecule has 0 spiro atoms. The Kier molecular flexibility index (Phi) is 5.86. The van der Waals surface area contributed by atoms with E-state index in [1.165, 1.54) is 0 Å². The molecule has 4 nitrogen and oxygen atoms in total. The van der Waals surface area contributed by atoms with Gasteiger partial charge in [-0.25, -0.2) is 0 Å². The van der Waals surface area contributed by atoms with E-state index in [1.807, 2.05) is 6.07 Å². The van der Waals surface area contributed by atoms with Crippen LogP contribution in [0.2, 0.25) is 0 Å². The second-order valence-electron chi connectivity index (χ2n) is 3.20. The van der Waals surface area contributed by atoms with Crippen LogP contribution < -0.4 is 9.47 Å². The summed E-state index contributed by atoms with van der Waals surface area (Å²) in [5, 5.41) is 0. The van der Waals surface area contributed by atoms with Gasteiger partial charge in [-0.1, -0.05) is 0 Å². The van der Waals surface area contributed by atoms with Gasteiger partial charge < -0.3 is 14.2 Å². The van der Waals surface area contributed by atoms with Crippen molar-refractivity contribution in [1.29, 1.82) is 0 Å². The van der Waals surface area contributed by atoms with Crippen molar-refractivity contribution in [2.24, 2.45) is 0 Å². The Morgan fingerprint density at radius 1 is 1.18 bits per heavy atom. The predicted octanol–water partition coefficient (Wildman–Crippen LogP) is 2.25. The van der Waals surface area contributed by atoms with Gasteiger partial charge >= 0.3 is 0 Å². The normalized spacial score (nSPS) is 10.1. The van der Waals surface area contributed by atoms with Crippen molar-refractivity contribution < 1.29 is 19.0 Å². The van der Waals surface area contributed by atoms with Gasteiger partial charge in [0.2, 0.25) is 0 Å². The lowest BCUT2D eigenvalue weighted by Gasteiger charge is -2.11. The van der Waals surface area contributed by atoms with Crippen LogP contribution in [0.4, 0.5) is 0 Å². The molecular formula is C12H16O4S. The Labute approximate surface area is 105 Å². The maximum absolute atomic E-state index is 10.9. The van der Waals surface area contributed by atoms with E-state index < -0.39 is 0 Å². The lowest BCUT2D eigenvalue weighted by Crippen LogP contribution is -1.96. The molecule has 0 aliphatic heterocycles. The lowest BCUT2D eigenvalue weighted by atomic mass is 10.2. The fraction of sp³-hybridized carbons (Fsp3) is 0.417. The number of methoxy groups -OCH3 is 3. The third-order valence-corrected chi connectivity index (χ3v) is 3.19. The molecule has 1 aromatic rings. The van der Waals surface area contributed by atoms with E-state index >= 15 is 0 Å². The molecule has 0 amide bonds. The molecule has 1 aromatic carbocycles. The van der Waals surface area contributed by atoms with Crippen molar-refractivity contribution in [2.45, 2.75) is 4.90 Å². The fourth-order valence-corrected chi connectivity index (χ4v) is 2.28. The number of hydrogen-bond acceptors (Lipinski definition) is 5. The van der Waals surface area contributed by atoms with Crippen molar-refractivity contribution in [1.82, 2.24) is 0 Å². The summed E-state index contributed by atoms with van der Waals surface area (Å²) in [4.78, 5) is 11.8. The van der Waals surface area contributed by atoms with E-state index in [0.29, 0.717) is 23.7 Å². The Morgan fingerprint density at radius 3 is 2.41 bits per heavy atom. The van der Waals surface area contributed by atoms with E-state index in [2.05, 4.69) is 0 Å². The third-order valence-electron chi connectivity index (χ3n) is 2.19. The molecule has 0 bridgehead atoms. The van der Waals surface area contributed by atoms with Crippen LogP contribution in [-0.4, -0.2) is 40.0 Å². The van der Waals surface area contributed by atoms with E-state index in [9.17, 15) is 4.79 Å². The minimum atomic E-state index is 0.487. The zero-order chi connectivity index (χ0) is 12.7. The minimum absolute atomic E-state index is 0.487. The summed E-state index contributed by atoms with van der Waals surface area (Å²) < 4.78 is 15.4. The maximum Gasteiger partial charge on any atom is 0.153 e. The summed E-state index contributed by atoms with van der Waals surface area (Å²) in [6.07, 6.45) is 0.755. The number of carbonyl (C=O) groups is 1. The first kappa shape index (κ1) is 13.9. The Bertz CT molecular complexity index is 379. The molecule has 1 rings (SSSR count). The van der Waals surface area contributed by atoms with Crippen LogP contribution in [0.15, 0.2) is 17.0 Å². The number of carbonyl (C=O) groups excluding carboxylic acids is 1. The standard InChI is InChI=1S/C12H16O4S/c1-14-4-5-17-12-7-10(15-2)9(8-13)6-11(12)16-3/h6-8H,4-5H2,1-3H3. The molecule has 5 heteroatoms. The third kappa shape index (κ3) is 3.64. The summed E-state index contributed by atoms with van der Waals surface area (Å²) >= 11 is 1.60. The molecule has 0 heterocycles. The van der Waals surface area contributed by atoms with Crippen LogP contribution in [0.5, 0.6) is 11.5 Å². The van der Waals surface area contributed by atoms with Crippen molar-refractivity contribution in [3.8, 4) is 11.5 Å². The average molecular weight is 256 g/mol. The molecule has 0 atom stereocenters. The molecule has 0 radical (unpaired) electrons. The zero-order valence-electron chi connectivity index (χ0n) is 10.2. The predicted molar refractivity (Wildman–Crippen MR) is 67.5 cm³/mol. The Balaban J connectivity index is 2.97. The number of hydrogen-bond donors (Lipinski definition) is 0. The van der Waals surface area contributed by atoms with E-state index in [0.717, 1.165) is 16.9 Å². The van der Waals surface area contributed by atoms with Gasteiger partial charge in [0.25, 0.3) is 0 Å². The van der Waals surface area contributed by atoms with E-state index in [4.69, 9.17) is 14.2 Å². The van der Waals surface area contributed by atoms with E-state index in [1.54, 1.807) is 39.2 Å². The first-order chi connectivity index (χ1) is 8.26. The van der Waals surface area contributed by atoms with Crippen molar-refractivity contribution in [3.63, 3.8) is 0 Å². The molecular weight excluding hydrogens is 240 g/mol. The van der Waals surface area contributed by atoms with Crippen molar-refractivity contribution >= 4 is 18.0 Å². The van der Waals surface area contributed by atoms with Gasteiger partial charge in [0.15, 0.2) is 6.29 Å². The van der Waals surface area contributed by atoms with Crippen LogP contribution >= 0.6 is 11.8 Å². The van der Waals surface area contributed by atoms with Gasteiger partial charge in [-0.15, -0.1) is 11.8 Å². The van der Waals surface area contributed by atoms with Gasteiger partial charge in [0.1, 0.15) is 11.5 Å². The van der Waals surface area contributed by atoms with Crippen LogP contribution in [0.1, 0.15) is 10.4 Å². The second-order valence-corrected chi connectivity index (χ2v) is 4.34. The molecule has 0 unspecified atom stereocenters. The fourth-order valence-electron chi connectivity index (χ4n) is 1.33. The Hall–Kier alpha value is -1.20. The molecule has 17 heavy (non-hydrogen) atoms. The lowest BCUT2D eigenvalue weighted by molar-refractivity contribution is 0.112. The van der Waals surface area contributed by atoms with Gasteiger partial charge in [0.05, 0.1) is 31.3 Å². The molecule has 0 aromatic heterocycles. The zero-order valence-corrected chi connectivity index (χ0v) is 11.0. The highest BCUT2D eigenvalue weighted by molar-refractivity contribution is 7.99. The van der Waals surface area contributed by atoms with Crippen molar-refractivity contribution in [3.05, 3.63) is 17.7 Å².